The normalized spacial score (nSPS) is 17.3. The van der Waals surface area contributed by atoms with Crippen LogP contribution in [0.1, 0.15) is 39.2 Å². The number of ether oxygens (including phenoxy) is 1. The molecule has 1 atom stereocenters. The van der Waals surface area contributed by atoms with Crippen LogP contribution in [0.15, 0.2) is 30.3 Å². The molecule has 1 aliphatic rings. The van der Waals surface area contributed by atoms with Gasteiger partial charge in [0.15, 0.2) is 0 Å². The second-order valence-corrected chi connectivity index (χ2v) is 6.87. The number of hydrogen-bond donors (Lipinski definition) is 1. The maximum atomic E-state index is 13.0. The van der Waals surface area contributed by atoms with E-state index in [1.54, 1.807) is 18.2 Å². The van der Waals surface area contributed by atoms with Gasteiger partial charge < -0.3 is 10.1 Å². The molecule has 1 aliphatic heterocycles. The Bertz CT molecular complexity index is 591. The predicted molar refractivity (Wildman–Crippen MR) is 103 cm³/mol. The molecule has 4 nitrogen and oxygen atoms in total. The Morgan fingerprint density at radius 2 is 1.85 bits per heavy atom. The number of hydrogen-bond acceptors (Lipinski definition) is 3. The van der Waals surface area contributed by atoms with E-state index < -0.39 is 0 Å². The van der Waals surface area contributed by atoms with Crippen molar-refractivity contribution in [3.63, 3.8) is 0 Å². The molecule has 1 unspecified atom stereocenters. The van der Waals surface area contributed by atoms with Crippen LogP contribution >= 0.6 is 0 Å². The fourth-order valence-electron chi connectivity index (χ4n) is 3.58. The summed E-state index contributed by atoms with van der Waals surface area (Å²) in [5.74, 6) is 0.177. The topological polar surface area (TPSA) is 41.6 Å². The average Bonchev–Trinajstić information content (AvgIpc) is 2.66. The van der Waals surface area contributed by atoms with E-state index >= 15 is 0 Å². The van der Waals surface area contributed by atoms with Crippen molar-refractivity contribution in [1.29, 1.82) is 0 Å². The van der Waals surface area contributed by atoms with Crippen LogP contribution < -0.4 is 5.32 Å². The predicted octanol–water partition coefficient (Wildman–Crippen LogP) is 3.48. The molecule has 1 N–H and O–H groups in total. The van der Waals surface area contributed by atoms with E-state index in [1.165, 1.54) is 12.1 Å². The van der Waals surface area contributed by atoms with Crippen LogP contribution in [0.25, 0.3) is 5.57 Å². The molecule has 1 fully saturated rings. The van der Waals surface area contributed by atoms with Gasteiger partial charge in [0.2, 0.25) is 5.91 Å². The molecule has 2 rings (SSSR count). The largest absolute Gasteiger partial charge is 0.379 e. The number of carbonyl (C=O) groups is 1. The van der Waals surface area contributed by atoms with Crippen LogP contribution in [0.5, 0.6) is 0 Å². The fraction of sp³-hybridized carbons (Fsp3) is 0.571. The molecule has 0 aromatic heterocycles. The van der Waals surface area contributed by atoms with E-state index in [0.717, 1.165) is 50.3 Å². The van der Waals surface area contributed by atoms with E-state index in [1.807, 2.05) is 6.92 Å². The molecule has 0 radical (unpaired) electrons. The maximum absolute atomic E-state index is 13.0. The molecule has 26 heavy (non-hydrogen) atoms. The maximum Gasteiger partial charge on any atom is 0.244 e. The quantitative estimate of drug-likeness (QED) is 0.720. The molecule has 144 valence electrons. The summed E-state index contributed by atoms with van der Waals surface area (Å²) < 4.78 is 18.5. The molecule has 1 aromatic rings. The Morgan fingerprint density at radius 1 is 1.23 bits per heavy atom. The highest BCUT2D eigenvalue weighted by Gasteiger charge is 2.27. The van der Waals surface area contributed by atoms with Crippen molar-refractivity contribution < 1.29 is 13.9 Å². The lowest BCUT2D eigenvalue weighted by Gasteiger charge is -2.38. The lowest BCUT2D eigenvalue weighted by Crippen LogP contribution is -2.51. The van der Waals surface area contributed by atoms with Crippen molar-refractivity contribution in [1.82, 2.24) is 10.2 Å². The van der Waals surface area contributed by atoms with Crippen molar-refractivity contribution >= 4 is 11.5 Å². The number of allylic oxidation sites excluding steroid dienone is 1. The van der Waals surface area contributed by atoms with Crippen LogP contribution in [0.2, 0.25) is 0 Å². The summed E-state index contributed by atoms with van der Waals surface area (Å²) in [4.78, 5) is 14.8. The zero-order chi connectivity index (χ0) is 18.9. The van der Waals surface area contributed by atoms with Crippen LogP contribution in [-0.4, -0.2) is 49.7 Å². The standard InChI is InChI=1S/C21H31FN2O2/c1-4-17(5-2)20(24-10-12-26-13-11-24)15-23-21(25)14-16(3)18-6-8-19(22)9-7-18/h6-9,14,17,20H,4-5,10-13,15H2,1-3H3,(H,23,25)/b16-14+. The number of rotatable bonds is 8. The van der Waals surface area contributed by atoms with Crippen LogP contribution in [0, 0.1) is 11.7 Å². The van der Waals surface area contributed by atoms with Crippen molar-refractivity contribution in [3.05, 3.63) is 41.7 Å². The molecule has 0 spiro atoms. The molecule has 1 amide bonds. The summed E-state index contributed by atoms with van der Waals surface area (Å²) in [6.45, 7) is 10.3. The molecule has 0 saturated carbocycles. The minimum Gasteiger partial charge on any atom is -0.379 e. The minimum atomic E-state index is -0.274. The van der Waals surface area contributed by atoms with E-state index in [9.17, 15) is 9.18 Å². The second-order valence-electron chi connectivity index (χ2n) is 6.87. The Balaban J connectivity index is 1.98. The van der Waals surface area contributed by atoms with Gasteiger partial charge in [0, 0.05) is 31.8 Å². The van der Waals surface area contributed by atoms with Gasteiger partial charge in [-0.2, -0.15) is 0 Å². The highest BCUT2D eigenvalue weighted by Crippen LogP contribution is 2.20. The van der Waals surface area contributed by atoms with Crippen molar-refractivity contribution in [2.75, 3.05) is 32.8 Å². The zero-order valence-electron chi connectivity index (χ0n) is 16.1. The lowest BCUT2D eigenvalue weighted by molar-refractivity contribution is -0.117. The Morgan fingerprint density at radius 3 is 2.42 bits per heavy atom. The zero-order valence-corrected chi connectivity index (χ0v) is 16.1. The molecular formula is C21H31FN2O2. The molecular weight excluding hydrogens is 331 g/mol. The van der Waals surface area contributed by atoms with Crippen LogP contribution in [0.3, 0.4) is 0 Å². The highest BCUT2D eigenvalue weighted by atomic mass is 19.1. The molecule has 1 saturated heterocycles. The van der Waals surface area contributed by atoms with Gasteiger partial charge in [-0.3, -0.25) is 9.69 Å². The van der Waals surface area contributed by atoms with Crippen molar-refractivity contribution in [3.8, 4) is 0 Å². The van der Waals surface area contributed by atoms with E-state index in [0.29, 0.717) is 18.5 Å². The summed E-state index contributed by atoms with van der Waals surface area (Å²) in [7, 11) is 0. The first-order chi connectivity index (χ1) is 12.5. The third kappa shape index (κ3) is 5.92. The number of carbonyl (C=O) groups excluding carboxylic acids is 1. The monoisotopic (exact) mass is 362 g/mol. The lowest BCUT2D eigenvalue weighted by atomic mass is 9.92. The number of nitrogens with one attached hydrogen (secondary N) is 1. The van der Waals surface area contributed by atoms with E-state index in [4.69, 9.17) is 4.74 Å². The summed E-state index contributed by atoms with van der Waals surface area (Å²) in [6.07, 6.45) is 3.79. The van der Waals surface area contributed by atoms with Gasteiger partial charge in [-0.15, -0.1) is 0 Å². The van der Waals surface area contributed by atoms with Gasteiger partial charge in [0.1, 0.15) is 5.82 Å². The fourth-order valence-corrected chi connectivity index (χ4v) is 3.58. The van der Waals surface area contributed by atoms with Gasteiger partial charge in [0.25, 0.3) is 0 Å². The highest BCUT2D eigenvalue weighted by molar-refractivity contribution is 5.94. The Labute approximate surface area is 156 Å². The first kappa shape index (κ1) is 20.6. The second kappa shape index (κ2) is 10.4. The van der Waals surface area contributed by atoms with Gasteiger partial charge in [-0.25, -0.2) is 4.39 Å². The SMILES string of the molecule is CCC(CC)C(CNC(=O)/C=C(\C)c1ccc(F)cc1)N1CCOCC1. The van der Waals surface area contributed by atoms with Gasteiger partial charge in [-0.05, 0) is 36.1 Å². The third-order valence-electron chi connectivity index (χ3n) is 5.24. The number of amides is 1. The smallest absolute Gasteiger partial charge is 0.244 e. The number of halogens is 1. The van der Waals surface area contributed by atoms with Crippen molar-refractivity contribution in [2.24, 2.45) is 5.92 Å². The third-order valence-corrected chi connectivity index (χ3v) is 5.24. The van der Waals surface area contributed by atoms with Crippen molar-refractivity contribution in [2.45, 2.75) is 39.7 Å². The van der Waals surface area contributed by atoms with Crippen LogP contribution in [0.4, 0.5) is 4.39 Å². The molecule has 5 heteroatoms. The number of nitrogens with zero attached hydrogens (tertiary/aromatic N) is 1. The average molecular weight is 362 g/mol. The minimum absolute atomic E-state index is 0.101. The van der Waals surface area contributed by atoms with E-state index in [2.05, 4.69) is 24.1 Å². The number of benzene rings is 1. The first-order valence-corrected chi connectivity index (χ1v) is 9.59. The van der Waals surface area contributed by atoms with Gasteiger partial charge >= 0.3 is 0 Å². The molecule has 1 aromatic carbocycles. The van der Waals surface area contributed by atoms with Gasteiger partial charge in [0.05, 0.1) is 13.2 Å². The summed E-state index contributed by atoms with van der Waals surface area (Å²) >= 11 is 0. The first-order valence-electron chi connectivity index (χ1n) is 9.59. The van der Waals surface area contributed by atoms with Gasteiger partial charge in [-0.1, -0.05) is 38.8 Å². The van der Waals surface area contributed by atoms with Crippen LogP contribution in [-0.2, 0) is 9.53 Å². The molecule has 0 bridgehead atoms. The molecule has 0 aliphatic carbocycles. The Kier molecular flexibility index (Phi) is 8.26. The molecule has 1 heterocycles. The summed E-state index contributed by atoms with van der Waals surface area (Å²) in [5.41, 5.74) is 1.68. The summed E-state index contributed by atoms with van der Waals surface area (Å²) in [6, 6.07) is 6.53. The Hall–Kier alpha value is -1.72. The van der Waals surface area contributed by atoms with E-state index in [-0.39, 0.29) is 11.7 Å². The number of morpholine rings is 1. The summed E-state index contributed by atoms with van der Waals surface area (Å²) in [5, 5.41) is 3.07.